The maximum absolute atomic E-state index is 11.4. The van der Waals surface area contributed by atoms with Gasteiger partial charge in [0.15, 0.2) is 0 Å². The Labute approximate surface area is 144 Å². The SMILES string of the molecule is O=C(O)N(CCCc1ccc(Br)cc1)C[C@H](O)c1ccccc1. The molecule has 0 bridgehead atoms. The maximum atomic E-state index is 11.4. The number of hydrogen-bond acceptors (Lipinski definition) is 2. The van der Waals surface area contributed by atoms with Crippen LogP contribution in [0.25, 0.3) is 0 Å². The lowest BCUT2D eigenvalue weighted by molar-refractivity contribution is 0.0962. The lowest BCUT2D eigenvalue weighted by atomic mass is 10.1. The molecule has 4 nitrogen and oxygen atoms in total. The third-order valence-electron chi connectivity index (χ3n) is 3.65. The number of aliphatic hydroxyl groups excluding tert-OH is 1. The van der Waals surface area contributed by atoms with Gasteiger partial charge in [-0.1, -0.05) is 58.4 Å². The third-order valence-corrected chi connectivity index (χ3v) is 4.18. The molecule has 0 aliphatic rings. The zero-order valence-corrected chi connectivity index (χ0v) is 14.3. The summed E-state index contributed by atoms with van der Waals surface area (Å²) in [7, 11) is 0. The summed E-state index contributed by atoms with van der Waals surface area (Å²) in [5, 5.41) is 19.5. The van der Waals surface area contributed by atoms with Crippen LogP contribution in [-0.4, -0.2) is 34.3 Å². The summed E-state index contributed by atoms with van der Waals surface area (Å²) >= 11 is 3.39. The fourth-order valence-corrected chi connectivity index (χ4v) is 2.64. The monoisotopic (exact) mass is 377 g/mol. The van der Waals surface area contributed by atoms with E-state index in [0.717, 1.165) is 22.9 Å². The van der Waals surface area contributed by atoms with Crippen LogP contribution in [0.15, 0.2) is 59.1 Å². The van der Waals surface area contributed by atoms with E-state index in [0.29, 0.717) is 6.54 Å². The van der Waals surface area contributed by atoms with Crippen LogP contribution in [-0.2, 0) is 6.42 Å². The zero-order chi connectivity index (χ0) is 16.7. The minimum Gasteiger partial charge on any atom is -0.465 e. The minimum absolute atomic E-state index is 0.0830. The van der Waals surface area contributed by atoms with Gasteiger partial charge in [0.25, 0.3) is 0 Å². The Hall–Kier alpha value is -1.85. The van der Waals surface area contributed by atoms with Gasteiger partial charge in [0.05, 0.1) is 12.6 Å². The zero-order valence-electron chi connectivity index (χ0n) is 12.7. The van der Waals surface area contributed by atoms with Gasteiger partial charge in [-0.05, 0) is 36.1 Å². The molecule has 0 heterocycles. The Morgan fingerprint density at radius 2 is 1.74 bits per heavy atom. The van der Waals surface area contributed by atoms with E-state index < -0.39 is 12.2 Å². The standard InChI is InChI=1S/C18H20BrNO3/c19-16-10-8-14(9-11-16)5-4-12-20(18(22)23)13-17(21)15-6-2-1-3-7-15/h1-3,6-11,17,21H,4-5,12-13H2,(H,22,23)/t17-/m0/s1. The summed E-state index contributed by atoms with van der Waals surface area (Å²) in [6.07, 6.45) is -0.288. The minimum atomic E-state index is -1.00. The summed E-state index contributed by atoms with van der Waals surface area (Å²) in [6, 6.07) is 17.1. The molecule has 0 aromatic heterocycles. The van der Waals surface area contributed by atoms with E-state index in [1.807, 2.05) is 42.5 Å². The smallest absolute Gasteiger partial charge is 0.407 e. The Balaban J connectivity index is 1.86. The van der Waals surface area contributed by atoms with Crippen molar-refractivity contribution in [2.24, 2.45) is 0 Å². The van der Waals surface area contributed by atoms with Crippen molar-refractivity contribution in [3.05, 3.63) is 70.2 Å². The second kappa shape index (κ2) is 8.70. The molecule has 0 spiro atoms. The molecule has 5 heteroatoms. The summed E-state index contributed by atoms with van der Waals surface area (Å²) in [4.78, 5) is 12.6. The van der Waals surface area contributed by atoms with Crippen molar-refractivity contribution < 1.29 is 15.0 Å². The van der Waals surface area contributed by atoms with Gasteiger partial charge in [-0.2, -0.15) is 0 Å². The van der Waals surface area contributed by atoms with Crippen molar-refractivity contribution in [1.29, 1.82) is 0 Å². The molecule has 1 amide bonds. The van der Waals surface area contributed by atoms with E-state index in [1.165, 1.54) is 10.5 Å². The van der Waals surface area contributed by atoms with Gasteiger partial charge in [0, 0.05) is 11.0 Å². The van der Waals surface area contributed by atoms with Crippen LogP contribution in [0, 0.1) is 0 Å². The Kier molecular flexibility index (Phi) is 6.62. The molecule has 122 valence electrons. The molecular formula is C18H20BrNO3. The largest absolute Gasteiger partial charge is 0.465 e. The van der Waals surface area contributed by atoms with E-state index in [4.69, 9.17) is 0 Å². The summed E-state index contributed by atoms with van der Waals surface area (Å²) in [5.41, 5.74) is 1.90. The van der Waals surface area contributed by atoms with Crippen LogP contribution in [0.5, 0.6) is 0 Å². The second-order valence-electron chi connectivity index (χ2n) is 5.39. The molecule has 1 atom stereocenters. The number of carbonyl (C=O) groups is 1. The molecule has 0 saturated heterocycles. The first-order valence-electron chi connectivity index (χ1n) is 7.51. The van der Waals surface area contributed by atoms with Crippen molar-refractivity contribution in [2.45, 2.75) is 18.9 Å². The third kappa shape index (κ3) is 5.69. The first kappa shape index (κ1) is 17.5. The van der Waals surface area contributed by atoms with E-state index in [-0.39, 0.29) is 6.54 Å². The normalized spacial score (nSPS) is 11.9. The number of halogens is 1. The Morgan fingerprint density at radius 1 is 1.09 bits per heavy atom. The van der Waals surface area contributed by atoms with Gasteiger partial charge in [0.2, 0.25) is 0 Å². The molecule has 0 aliphatic heterocycles. The average Bonchev–Trinajstić information content (AvgIpc) is 2.56. The number of aliphatic hydroxyl groups is 1. The number of amides is 1. The topological polar surface area (TPSA) is 60.8 Å². The predicted molar refractivity (Wildman–Crippen MR) is 93.5 cm³/mol. The molecule has 0 radical (unpaired) electrons. The fourth-order valence-electron chi connectivity index (χ4n) is 2.38. The van der Waals surface area contributed by atoms with Gasteiger partial charge >= 0.3 is 6.09 Å². The molecule has 2 aromatic rings. The molecule has 23 heavy (non-hydrogen) atoms. The number of nitrogens with zero attached hydrogens (tertiary/aromatic N) is 1. The summed E-state index contributed by atoms with van der Waals surface area (Å²) < 4.78 is 1.03. The highest BCUT2D eigenvalue weighted by Crippen LogP contribution is 2.15. The van der Waals surface area contributed by atoms with Crippen molar-refractivity contribution in [3.63, 3.8) is 0 Å². The van der Waals surface area contributed by atoms with E-state index in [1.54, 1.807) is 12.1 Å². The Bertz CT molecular complexity index is 616. The lowest BCUT2D eigenvalue weighted by Crippen LogP contribution is -2.34. The molecule has 0 saturated carbocycles. The fraction of sp³-hybridized carbons (Fsp3) is 0.278. The molecule has 0 fully saturated rings. The van der Waals surface area contributed by atoms with Crippen molar-refractivity contribution in [1.82, 2.24) is 4.90 Å². The first-order chi connectivity index (χ1) is 11.1. The highest BCUT2D eigenvalue weighted by atomic mass is 79.9. The highest BCUT2D eigenvalue weighted by Gasteiger charge is 2.17. The van der Waals surface area contributed by atoms with Crippen LogP contribution in [0.2, 0.25) is 0 Å². The van der Waals surface area contributed by atoms with Crippen LogP contribution >= 0.6 is 15.9 Å². The average molecular weight is 378 g/mol. The lowest BCUT2D eigenvalue weighted by Gasteiger charge is -2.22. The van der Waals surface area contributed by atoms with Crippen LogP contribution in [0.3, 0.4) is 0 Å². The highest BCUT2D eigenvalue weighted by molar-refractivity contribution is 9.10. The maximum Gasteiger partial charge on any atom is 0.407 e. The Morgan fingerprint density at radius 3 is 2.35 bits per heavy atom. The molecule has 2 aromatic carbocycles. The van der Waals surface area contributed by atoms with Gasteiger partial charge in [-0.15, -0.1) is 0 Å². The molecule has 2 N–H and O–H groups in total. The van der Waals surface area contributed by atoms with Crippen LogP contribution in [0.1, 0.15) is 23.7 Å². The predicted octanol–water partition coefficient (Wildman–Crippen LogP) is 4.10. The van der Waals surface area contributed by atoms with Crippen molar-refractivity contribution >= 4 is 22.0 Å². The first-order valence-corrected chi connectivity index (χ1v) is 8.31. The van der Waals surface area contributed by atoms with Gasteiger partial charge in [-0.3, -0.25) is 0 Å². The van der Waals surface area contributed by atoms with Crippen LogP contribution < -0.4 is 0 Å². The summed E-state index contributed by atoms with van der Waals surface area (Å²) in [6.45, 7) is 0.481. The number of carboxylic acid groups (broad SMARTS) is 1. The molecule has 0 aliphatic carbocycles. The molecule has 2 rings (SSSR count). The van der Waals surface area contributed by atoms with E-state index in [2.05, 4.69) is 15.9 Å². The number of hydrogen-bond donors (Lipinski definition) is 2. The summed E-state index contributed by atoms with van der Waals surface area (Å²) in [5.74, 6) is 0. The van der Waals surface area contributed by atoms with Gasteiger partial charge in [-0.25, -0.2) is 4.79 Å². The van der Waals surface area contributed by atoms with Gasteiger partial charge < -0.3 is 15.1 Å². The molecule has 0 unspecified atom stereocenters. The quantitative estimate of drug-likeness (QED) is 0.763. The molecular weight excluding hydrogens is 358 g/mol. The van der Waals surface area contributed by atoms with E-state index in [9.17, 15) is 15.0 Å². The van der Waals surface area contributed by atoms with Gasteiger partial charge in [0.1, 0.15) is 0 Å². The van der Waals surface area contributed by atoms with Crippen molar-refractivity contribution in [2.75, 3.05) is 13.1 Å². The number of benzene rings is 2. The second-order valence-corrected chi connectivity index (χ2v) is 6.30. The number of aryl methyl sites for hydroxylation is 1. The van der Waals surface area contributed by atoms with Crippen molar-refractivity contribution in [3.8, 4) is 0 Å². The van der Waals surface area contributed by atoms with E-state index >= 15 is 0 Å². The van der Waals surface area contributed by atoms with Crippen LogP contribution in [0.4, 0.5) is 4.79 Å². The number of rotatable bonds is 7.